The predicted molar refractivity (Wildman–Crippen MR) is 497 cm³/mol. The molecule has 9 rings (SSSR count). The van der Waals surface area contributed by atoms with Crippen molar-refractivity contribution in [1.29, 1.82) is 0 Å². The Morgan fingerprint density at radius 3 is 0.808 bits per heavy atom. The van der Waals surface area contributed by atoms with E-state index in [4.69, 9.17) is 30.1 Å². The number of hydrogen-bond acceptors (Lipinski definition) is 5. The largest absolute Gasteiger partial charge is 0.381 e. The molecule has 0 fully saturated rings. The van der Waals surface area contributed by atoms with Crippen molar-refractivity contribution in [3.05, 3.63) is 345 Å². The molecule has 9 aromatic carbocycles. The van der Waals surface area contributed by atoms with Gasteiger partial charge in [-0.25, -0.2) is 0 Å². The Balaban J connectivity index is 0.00000135. The summed E-state index contributed by atoms with van der Waals surface area (Å²) in [5.41, 5.74) is 14.0. The lowest BCUT2D eigenvalue weighted by molar-refractivity contribution is 0.234. The Labute approximate surface area is 674 Å². The summed E-state index contributed by atoms with van der Waals surface area (Å²) < 4.78 is 29.7. The molecule has 542 valence electrons. The number of hydrogen-bond donors (Lipinski definition) is 0. The number of ether oxygens (including phenoxy) is 5. The summed E-state index contributed by atoms with van der Waals surface area (Å²) in [5, 5.41) is 0. The third-order valence-corrected chi connectivity index (χ3v) is 26.6. The maximum atomic E-state index is 5.34. The van der Waals surface area contributed by atoms with Crippen LogP contribution >= 0.6 is 131 Å². The van der Waals surface area contributed by atoms with Crippen molar-refractivity contribution in [3.63, 3.8) is 0 Å². The molecule has 5 nitrogen and oxygen atoms in total. The van der Waals surface area contributed by atoms with E-state index in [2.05, 4.69) is 186 Å². The molecule has 0 bridgehead atoms. The van der Waals surface area contributed by atoms with E-state index in [1.807, 2.05) is 255 Å². The van der Waals surface area contributed by atoms with Gasteiger partial charge < -0.3 is 23.7 Å². The molecular formula is C87H96Br4O5P8. The molecule has 9 aromatic rings. The van der Waals surface area contributed by atoms with Gasteiger partial charge in [0.15, 0.2) is 0 Å². The molecule has 0 aliphatic rings. The average Bonchev–Trinajstić information content (AvgIpc) is 0.879. The second-order valence-electron chi connectivity index (χ2n) is 20.1. The first-order valence-electron chi connectivity index (χ1n) is 31.0. The van der Waals surface area contributed by atoms with Crippen LogP contribution in [0.2, 0.25) is 0 Å². The molecule has 0 saturated heterocycles. The molecule has 0 aliphatic heterocycles. The molecule has 0 heterocycles. The van der Waals surface area contributed by atoms with Crippen LogP contribution in [0, 0.1) is 59.7 Å². The van der Waals surface area contributed by atoms with Gasteiger partial charge in [0.25, 0.3) is 0 Å². The van der Waals surface area contributed by atoms with Crippen molar-refractivity contribution in [3.8, 4) is 59.7 Å². The molecule has 17 heteroatoms. The van der Waals surface area contributed by atoms with E-state index >= 15 is 0 Å². The Kier molecular flexibility index (Phi) is 61.4. The highest BCUT2D eigenvalue weighted by Crippen LogP contribution is 2.71. The van der Waals surface area contributed by atoms with Crippen LogP contribution < -0.4 is 0 Å². The molecule has 0 aliphatic carbocycles. The summed E-state index contributed by atoms with van der Waals surface area (Å²) in [7, 11) is 23.7. The van der Waals surface area contributed by atoms with E-state index in [0.717, 1.165) is 112 Å². The van der Waals surface area contributed by atoms with Crippen LogP contribution in [-0.4, -0.2) is 68.6 Å². The SMILES string of the molecule is Brc1ccc(Br)cc1.Brc1cccc(Br)c1.C.C.C.C#Cc1ccccc1/C=C/COC.COC/C=C/c1ccccc1C#Cc1ccc(C#Cc2ccccc2/C=C/COC)cc1.COC/C=C/c1ccccc1C#Cc1cccc(C#Cc2ccccc2/C=C/COC)c1.PPP.PPP(P)P. The van der Waals surface area contributed by atoms with Crippen LogP contribution in [0.4, 0.5) is 0 Å². The Morgan fingerprint density at radius 2 is 0.567 bits per heavy atom. The van der Waals surface area contributed by atoms with Gasteiger partial charge in [0.2, 0.25) is 0 Å². The predicted octanol–water partition coefficient (Wildman–Crippen LogP) is 25.9. The quantitative estimate of drug-likeness (QED) is 0.0713. The van der Waals surface area contributed by atoms with Crippen molar-refractivity contribution >= 4 is 162 Å². The number of terminal acetylenes is 1. The minimum absolute atomic E-state index is 0. The molecule has 0 N–H and O–H groups in total. The van der Waals surface area contributed by atoms with Crippen molar-refractivity contribution in [1.82, 2.24) is 0 Å². The lowest BCUT2D eigenvalue weighted by Gasteiger charge is -1.99. The second kappa shape index (κ2) is 64.8. The molecule has 0 amide bonds. The summed E-state index contributed by atoms with van der Waals surface area (Å²) >= 11 is 13.3. The zero-order valence-corrected chi connectivity index (χ0v) is 72.1. The van der Waals surface area contributed by atoms with E-state index in [0.29, 0.717) is 33.0 Å². The smallest absolute Gasteiger partial charge is 0.0646 e. The van der Waals surface area contributed by atoms with Gasteiger partial charge in [-0.2, -0.15) is 0 Å². The Hall–Kier alpha value is -5.36. The van der Waals surface area contributed by atoms with Crippen LogP contribution in [0.1, 0.15) is 100 Å². The van der Waals surface area contributed by atoms with Gasteiger partial charge in [0.1, 0.15) is 0 Å². The highest BCUT2D eigenvalue weighted by Gasteiger charge is 2.01. The third-order valence-electron chi connectivity index (χ3n) is 12.6. The summed E-state index contributed by atoms with van der Waals surface area (Å²) in [6.45, 7) is 3.15. The van der Waals surface area contributed by atoms with Crippen LogP contribution in [0.15, 0.2) is 267 Å². The second-order valence-corrected chi connectivity index (χ2v) is 42.0. The minimum Gasteiger partial charge on any atom is -0.381 e. The van der Waals surface area contributed by atoms with Gasteiger partial charge in [0, 0.05) is 104 Å². The highest BCUT2D eigenvalue weighted by molar-refractivity contribution is 9.11. The summed E-state index contributed by atoms with van der Waals surface area (Å²) in [5.74, 6) is 28.8. The maximum absolute atomic E-state index is 5.34. The lowest BCUT2D eigenvalue weighted by Crippen LogP contribution is -1.85. The fourth-order valence-corrected chi connectivity index (χ4v) is 9.55. The third kappa shape index (κ3) is 46.0. The van der Waals surface area contributed by atoms with Crippen LogP contribution in [0.3, 0.4) is 0 Å². The summed E-state index contributed by atoms with van der Waals surface area (Å²) in [6.07, 6.45) is 25.3. The molecule has 0 saturated carbocycles. The number of halogens is 4. The standard InChI is InChI=1S/2C30H26O2.C12H12O.2C6H4Br2.3CH4.H7P5.H5P3/c1-31-22-8-16-27-12-3-5-14-29(27)20-18-25-10-7-11-26(24-25)19-21-30-15-6-4-13-28(30)17-9-23-32-2;1-31-23-7-13-27-9-3-5-11-29(27)21-19-25-15-17-26(18-16-25)20-22-30-12-6-4-10-28(30)14-8-24-32-2;1-3-11-7-4-5-8-12(11)9-6-10-13-2;7-5-1-2-6(8)4-3-5;7-5-2-1-3-6(8)4-5;;;;1-4-5(2)3;1-3-2/h3-17,24H,22-23H2,1-2H3;3-18H,23-24H2,1-2H3;1,4-9H,10H2,2H3;2*1-4H;3*1H4;4H,1-3H2;3H,1-2H2/b16-8+,17-9+;13-7+,14-8+;9-6+;;;;;;;. The van der Waals surface area contributed by atoms with Crippen LogP contribution in [0.25, 0.3) is 30.4 Å². The van der Waals surface area contributed by atoms with E-state index in [1.54, 1.807) is 35.5 Å². The van der Waals surface area contributed by atoms with E-state index < -0.39 is 0 Å². The number of methoxy groups -OCH3 is 5. The lowest BCUT2D eigenvalue weighted by atomic mass is 10.1. The topological polar surface area (TPSA) is 46.2 Å². The van der Waals surface area contributed by atoms with Crippen LogP contribution in [-0.2, 0) is 23.7 Å². The van der Waals surface area contributed by atoms with Crippen molar-refractivity contribution in [2.24, 2.45) is 0 Å². The Morgan fingerprint density at radius 1 is 0.327 bits per heavy atom. The minimum atomic E-state index is 0. The van der Waals surface area contributed by atoms with Crippen molar-refractivity contribution < 1.29 is 23.7 Å². The summed E-state index contributed by atoms with van der Waals surface area (Å²) in [4.78, 5) is 0. The fourth-order valence-electron chi connectivity index (χ4n) is 7.91. The fraction of sp³-hybridized carbons (Fsp3) is 0.149. The van der Waals surface area contributed by atoms with Gasteiger partial charge in [-0.3, -0.25) is 0 Å². The molecule has 0 radical (unpaired) electrons. The van der Waals surface area contributed by atoms with Gasteiger partial charge in [-0.05, 0) is 150 Å². The van der Waals surface area contributed by atoms with E-state index in [-0.39, 0.29) is 29.3 Å². The first-order valence-corrected chi connectivity index (χ1v) is 47.0. The van der Waals surface area contributed by atoms with Crippen molar-refractivity contribution in [2.45, 2.75) is 22.3 Å². The van der Waals surface area contributed by atoms with Crippen molar-refractivity contribution in [2.75, 3.05) is 68.6 Å². The Bertz CT molecular complexity index is 4110. The van der Waals surface area contributed by atoms with Gasteiger partial charge >= 0.3 is 0 Å². The first-order chi connectivity index (χ1) is 49.2. The molecular weight excluding hydrogens is 1690 g/mol. The number of benzene rings is 9. The molecule has 0 aromatic heterocycles. The molecule has 104 heavy (non-hydrogen) atoms. The van der Waals surface area contributed by atoms with E-state index in [9.17, 15) is 0 Å². The van der Waals surface area contributed by atoms with Gasteiger partial charge in [-0.1, -0.05) is 319 Å². The zero-order chi connectivity index (χ0) is 73.3. The molecule has 0 spiro atoms. The zero-order valence-electron chi connectivity index (χ0n) is 57.1. The number of rotatable bonds is 16. The molecule has 6 atom stereocenters. The normalized spacial score (nSPS) is 9.94. The monoisotopic (exact) mass is 1780 g/mol. The average molecular weight is 1790 g/mol. The molecule has 6 unspecified atom stereocenters. The van der Waals surface area contributed by atoms with E-state index in [1.165, 1.54) is 0 Å². The van der Waals surface area contributed by atoms with Crippen LogP contribution in [0.5, 0.6) is 0 Å². The highest BCUT2D eigenvalue weighted by atomic mass is 79.9. The van der Waals surface area contributed by atoms with Gasteiger partial charge in [0.05, 0.1) is 33.0 Å². The first kappa shape index (κ1) is 98.6. The maximum Gasteiger partial charge on any atom is 0.0646 e. The van der Waals surface area contributed by atoms with Gasteiger partial charge in [-0.15, -0.1) is 51.1 Å². The summed E-state index contributed by atoms with van der Waals surface area (Å²) in [6, 6.07) is 72.1.